The number of aromatic amines is 1. The van der Waals surface area contributed by atoms with Gasteiger partial charge in [0.05, 0.1) is 22.3 Å². The van der Waals surface area contributed by atoms with Crippen LogP contribution in [0.25, 0.3) is 33.8 Å². The van der Waals surface area contributed by atoms with E-state index in [2.05, 4.69) is 15.3 Å². The molecule has 3 heterocycles. The van der Waals surface area contributed by atoms with Crippen molar-refractivity contribution in [3.8, 4) is 22.8 Å². The third kappa shape index (κ3) is 1.93. The first-order valence-corrected chi connectivity index (χ1v) is 7.33. The van der Waals surface area contributed by atoms with E-state index in [-0.39, 0.29) is 0 Å². The Bertz CT molecular complexity index is 999. The van der Waals surface area contributed by atoms with Crippen LogP contribution in [0.2, 0.25) is 0 Å². The maximum Gasteiger partial charge on any atom is 0.157 e. The van der Waals surface area contributed by atoms with Crippen molar-refractivity contribution in [3.63, 3.8) is 0 Å². The summed E-state index contributed by atoms with van der Waals surface area (Å²) in [5.41, 5.74) is 11.5. The van der Waals surface area contributed by atoms with Gasteiger partial charge in [-0.25, -0.2) is 4.98 Å². The Morgan fingerprint density at radius 1 is 1.17 bits per heavy atom. The minimum Gasteiger partial charge on any atom is -0.382 e. The molecular formula is C16H17N7. The number of anilines is 1. The monoisotopic (exact) mass is 307 g/mol. The van der Waals surface area contributed by atoms with Gasteiger partial charge in [0.1, 0.15) is 11.5 Å². The molecule has 3 aromatic heterocycles. The van der Waals surface area contributed by atoms with Crippen molar-refractivity contribution in [1.29, 1.82) is 0 Å². The predicted molar refractivity (Wildman–Crippen MR) is 89.6 cm³/mol. The Hall–Kier alpha value is -3.09. The predicted octanol–water partition coefficient (Wildman–Crippen LogP) is 2.25. The lowest BCUT2D eigenvalue weighted by atomic mass is 10.1. The van der Waals surface area contributed by atoms with Crippen LogP contribution in [-0.2, 0) is 14.1 Å². The lowest BCUT2D eigenvalue weighted by Gasteiger charge is -2.03. The number of nitrogens with two attached hydrogens (primary N) is 1. The van der Waals surface area contributed by atoms with Crippen molar-refractivity contribution in [2.75, 3.05) is 5.73 Å². The Morgan fingerprint density at radius 3 is 2.65 bits per heavy atom. The highest BCUT2D eigenvalue weighted by Gasteiger charge is 2.22. The molecule has 7 heteroatoms. The zero-order valence-electron chi connectivity index (χ0n) is 13.2. The molecule has 7 nitrogen and oxygen atoms in total. The summed E-state index contributed by atoms with van der Waals surface area (Å²) >= 11 is 0. The fourth-order valence-corrected chi connectivity index (χ4v) is 2.82. The van der Waals surface area contributed by atoms with Crippen molar-refractivity contribution in [2.24, 2.45) is 14.1 Å². The second-order valence-electron chi connectivity index (χ2n) is 5.64. The van der Waals surface area contributed by atoms with Gasteiger partial charge in [-0.2, -0.15) is 10.2 Å². The molecule has 0 unspecified atom stereocenters. The van der Waals surface area contributed by atoms with Crippen molar-refractivity contribution >= 4 is 16.9 Å². The van der Waals surface area contributed by atoms with Crippen LogP contribution in [0.4, 0.5) is 5.82 Å². The van der Waals surface area contributed by atoms with Crippen LogP contribution in [0.5, 0.6) is 0 Å². The van der Waals surface area contributed by atoms with E-state index in [0.29, 0.717) is 5.82 Å². The lowest BCUT2D eigenvalue weighted by Crippen LogP contribution is -1.97. The maximum atomic E-state index is 6.12. The third-order valence-electron chi connectivity index (χ3n) is 4.17. The summed E-state index contributed by atoms with van der Waals surface area (Å²) in [6.45, 7) is 2.00. The van der Waals surface area contributed by atoms with E-state index in [0.717, 1.165) is 39.5 Å². The molecule has 0 radical (unpaired) electrons. The average Bonchev–Trinajstić information content (AvgIpc) is 3.17. The Labute approximate surface area is 132 Å². The fraction of sp³-hybridized carbons (Fsp3) is 0.188. The summed E-state index contributed by atoms with van der Waals surface area (Å²) in [4.78, 5) is 4.72. The second kappa shape index (κ2) is 4.70. The maximum absolute atomic E-state index is 6.12. The number of nitrogens with one attached hydrogen (secondary N) is 1. The summed E-state index contributed by atoms with van der Waals surface area (Å²) in [6.07, 6.45) is 0. The van der Waals surface area contributed by atoms with Crippen LogP contribution in [0.3, 0.4) is 0 Å². The number of nitrogens with zero attached hydrogens (tertiary/aromatic N) is 5. The van der Waals surface area contributed by atoms with Crippen LogP contribution in [-0.4, -0.2) is 29.5 Å². The van der Waals surface area contributed by atoms with Crippen molar-refractivity contribution in [1.82, 2.24) is 29.5 Å². The van der Waals surface area contributed by atoms with Crippen molar-refractivity contribution in [3.05, 3.63) is 36.0 Å². The van der Waals surface area contributed by atoms with E-state index in [9.17, 15) is 0 Å². The van der Waals surface area contributed by atoms with Gasteiger partial charge in [0, 0.05) is 19.8 Å². The Kier molecular flexibility index (Phi) is 2.77. The van der Waals surface area contributed by atoms with E-state index in [4.69, 9.17) is 10.7 Å². The first kappa shape index (κ1) is 13.6. The number of imidazole rings is 1. The Morgan fingerprint density at radius 2 is 1.96 bits per heavy atom. The molecule has 1 aromatic carbocycles. The van der Waals surface area contributed by atoms with Gasteiger partial charge in [0.25, 0.3) is 0 Å². The van der Waals surface area contributed by atoms with Gasteiger partial charge in [-0.3, -0.25) is 9.78 Å². The molecule has 0 atom stereocenters. The van der Waals surface area contributed by atoms with Crippen LogP contribution >= 0.6 is 0 Å². The second-order valence-corrected chi connectivity index (χ2v) is 5.64. The zero-order chi connectivity index (χ0) is 16.1. The van der Waals surface area contributed by atoms with E-state index in [1.165, 1.54) is 0 Å². The first-order valence-electron chi connectivity index (χ1n) is 7.33. The normalized spacial score (nSPS) is 11.4. The number of hydrogen-bond donors (Lipinski definition) is 2. The standard InChI is InChI=1S/C16H17N7/c1-9-8-11(21-23(9)3)14-13(15(17)20-19-14)16-18-10-6-4-5-7-12(10)22(16)2/h4-8H,1-3H3,(H3,17,19,20). The van der Waals surface area contributed by atoms with Gasteiger partial charge in [-0.05, 0) is 25.1 Å². The minimum atomic E-state index is 0.418. The van der Waals surface area contributed by atoms with Gasteiger partial charge >= 0.3 is 0 Å². The van der Waals surface area contributed by atoms with Crippen LogP contribution in [0, 0.1) is 6.92 Å². The lowest BCUT2D eigenvalue weighted by molar-refractivity contribution is 0.742. The van der Waals surface area contributed by atoms with Gasteiger partial charge in [-0.15, -0.1) is 0 Å². The molecule has 0 saturated carbocycles. The average molecular weight is 307 g/mol. The quantitative estimate of drug-likeness (QED) is 0.594. The molecule has 116 valence electrons. The van der Waals surface area contributed by atoms with Gasteiger partial charge in [-0.1, -0.05) is 12.1 Å². The molecule has 23 heavy (non-hydrogen) atoms. The van der Waals surface area contributed by atoms with Crippen LogP contribution < -0.4 is 5.73 Å². The smallest absolute Gasteiger partial charge is 0.157 e. The molecule has 4 aromatic rings. The number of rotatable bonds is 2. The molecule has 0 aliphatic heterocycles. The SMILES string of the molecule is Cc1cc(-c2[nH]nc(N)c2-c2nc3ccccc3n2C)nn1C. The van der Waals surface area contributed by atoms with Gasteiger partial charge in [0.15, 0.2) is 5.82 Å². The zero-order valence-corrected chi connectivity index (χ0v) is 13.2. The van der Waals surface area contributed by atoms with E-state index < -0.39 is 0 Å². The highest BCUT2D eigenvalue weighted by Crippen LogP contribution is 2.34. The topological polar surface area (TPSA) is 90.3 Å². The highest BCUT2D eigenvalue weighted by molar-refractivity contribution is 5.88. The number of aryl methyl sites for hydroxylation is 3. The number of para-hydroxylation sites is 2. The third-order valence-corrected chi connectivity index (χ3v) is 4.17. The molecule has 0 aliphatic rings. The van der Waals surface area contributed by atoms with E-state index in [1.54, 1.807) is 0 Å². The summed E-state index contributed by atoms with van der Waals surface area (Å²) < 4.78 is 3.85. The number of nitrogen functional groups attached to an aromatic ring is 1. The molecule has 4 rings (SSSR count). The summed E-state index contributed by atoms with van der Waals surface area (Å²) in [5.74, 6) is 1.19. The molecule has 0 amide bonds. The molecular weight excluding hydrogens is 290 g/mol. The molecule has 0 saturated heterocycles. The van der Waals surface area contributed by atoms with Crippen molar-refractivity contribution < 1.29 is 0 Å². The number of aromatic nitrogens is 6. The molecule has 0 spiro atoms. The van der Waals surface area contributed by atoms with Gasteiger partial charge in [0.2, 0.25) is 0 Å². The highest BCUT2D eigenvalue weighted by atomic mass is 15.3. The first-order chi connectivity index (χ1) is 11.1. The molecule has 0 fully saturated rings. The molecule has 3 N–H and O–H groups in total. The fourth-order valence-electron chi connectivity index (χ4n) is 2.82. The van der Waals surface area contributed by atoms with E-state index in [1.807, 2.05) is 60.6 Å². The number of fused-ring (bicyclic) bond motifs is 1. The Balaban J connectivity index is 1.98. The minimum absolute atomic E-state index is 0.418. The number of benzene rings is 1. The molecule has 0 bridgehead atoms. The van der Waals surface area contributed by atoms with Crippen molar-refractivity contribution in [2.45, 2.75) is 6.92 Å². The van der Waals surface area contributed by atoms with E-state index >= 15 is 0 Å². The summed E-state index contributed by atoms with van der Waals surface area (Å²) in [5, 5.41) is 11.7. The number of hydrogen-bond acceptors (Lipinski definition) is 4. The molecule has 0 aliphatic carbocycles. The van der Waals surface area contributed by atoms with Gasteiger partial charge < -0.3 is 10.3 Å². The number of H-pyrrole nitrogens is 1. The van der Waals surface area contributed by atoms with Crippen LogP contribution in [0.1, 0.15) is 5.69 Å². The summed E-state index contributed by atoms with van der Waals surface area (Å²) in [6, 6.07) is 9.99. The van der Waals surface area contributed by atoms with Crippen LogP contribution in [0.15, 0.2) is 30.3 Å². The largest absolute Gasteiger partial charge is 0.382 e. The summed E-state index contributed by atoms with van der Waals surface area (Å²) in [7, 11) is 3.89.